The zero-order chi connectivity index (χ0) is 10.5. The summed E-state index contributed by atoms with van der Waals surface area (Å²) in [4.78, 5) is 0. The Labute approximate surface area is 91.6 Å². The summed E-state index contributed by atoms with van der Waals surface area (Å²) in [5.41, 5.74) is 1.27. The molecule has 0 saturated carbocycles. The molecular formula is C13H19NO. The molecule has 1 aromatic rings. The van der Waals surface area contributed by atoms with Crippen molar-refractivity contribution in [3.05, 3.63) is 35.9 Å². The lowest BCUT2D eigenvalue weighted by Crippen LogP contribution is -2.35. The molecule has 2 nitrogen and oxygen atoms in total. The second kappa shape index (κ2) is 5.29. The minimum atomic E-state index is 0.205. The Morgan fingerprint density at radius 3 is 2.80 bits per heavy atom. The third-order valence-electron chi connectivity index (χ3n) is 2.92. The first kappa shape index (κ1) is 10.7. The zero-order valence-electron chi connectivity index (χ0n) is 9.28. The summed E-state index contributed by atoms with van der Waals surface area (Å²) < 4.78 is 6.01. The lowest BCUT2D eigenvalue weighted by molar-refractivity contribution is -0.0149. The maximum absolute atomic E-state index is 6.01. The Morgan fingerprint density at radius 2 is 2.13 bits per heavy atom. The number of ether oxygens (including phenoxy) is 1. The van der Waals surface area contributed by atoms with Gasteiger partial charge in [0.05, 0.1) is 12.2 Å². The summed E-state index contributed by atoms with van der Waals surface area (Å²) in [5.74, 6) is 0. The van der Waals surface area contributed by atoms with Crippen molar-refractivity contribution in [3.8, 4) is 0 Å². The fourth-order valence-corrected chi connectivity index (χ4v) is 2.03. The van der Waals surface area contributed by atoms with Crippen LogP contribution >= 0.6 is 0 Å². The van der Waals surface area contributed by atoms with Gasteiger partial charge in [-0.05, 0) is 31.9 Å². The predicted octanol–water partition coefficient (Wildman–Crippen LogP) is 2.52. The van der Waals surface area contributed by atoms with E-state index in [1.165, 1.54) is 18.4 Å². The van der Waals surface area contributed by atoms with Gasteiger partial charge in [0.2, 0.25) is 0 Å². The fraction of sp³-hybridized carbons (Fsp3) is 0.538. The van der Waals surface area contributed by atoms with E-state index in [4.69, 9.17) is 4.74 Å². The van der Waals surface area contributed by atoms with Crippen LogP contribution in [0.5, 0.6) is 0 Å². The van der Waals surface area contributed by atoms with Crippen LogP contribution in [0.4, 0.5) is 0 Å². The molecule has 2 heteroatoms. The SMILES string of the molecule is C[C@@H](O[C@H]1CCCNC1)c1ccccc1. The smallest absolute Gasteiger partial charge is 0.0801 e. The van der Waals surface area contributed by atoms with Gasteiger partial charge >= 0.3 is 0 Å². The van der Waals surface area contributed by atoms with Crippen molar-refractivity contribution >= 4 is 0 Å². The highest BCUT2D eigenvalue weighted by molar-refractivity contribution is 5.16. The van der Waals surface area contributed by atoms with Crippen LogP contribution in [0, 0.1) is 0 Å². The fourth-order valence-electron chi connectivity index (χ4n) is 2.03. The second-order valence-corrected chi connectivity index (χ2v) is 4.16. The maximum atomic E-state index is 6.01. The minimum Gasteiger partial charge on any atom is -0.369 e. The van der Waals surface area contributed by atoms with Gasteiger partial charge in [-0.15, -0.1) is 0 Å². The molecule has 1 fully saturated rings. The second-order valence-electron chi connectivity index (χ2n) is 4.16. The summed E-state index contributed by atoms with van der Waals surface area (Å²) in [6.07, 6.45) is 3.00. The van der Waals surface area contributed by atoms with Crippen LogP contribution in [-0.4, -0.2) is 19.2 Å². The normalized spacial score (nSPS) is 23.7. The molecule has 1 saturated heterocycles. The van der Waals surface area contributed by atoms with Crippen molar-refractivity contribution in [1.82, 2.24) is 5.32 Å². The predicted molar refractivity (Wildman–Crippen MR) is 61.8 cm³/mol. The first-order valence-electron chi connectivity index (χ1n) is 5.77. The molecule has 0 aromatic heterocycles. The van der Waals surface area contributed by atoms with Crippen molar-refractivity contribution in [3.63, 3.8) is 0 Å². The molecule has 0 radical (unpaired) electrons. The molecule has 0 bridgehead atoms. The van der Waals surface area contributed by atoms with E-state index in [2.05, 4.69) is 36.5 Å². The standard InChI is InChI=1S/C13H19NO/c1-11(12-6-3-2-4-7-12)15-13-8-5-9-14-10-13/h2-4,6-7,11,13-14H,5,8-10H2,1H3/t11-,13+/m1/s1. The molecule has 0 unspecified atom stereocenters. The Kier molecular flexibility index (Phi) is 3.75. The quantitative estimate of drug-likeness (QED) is 0.818. The van der Waals surface area contributed by atoms with Crippen molar-refractivity contribution in [2.24, 2.45) is 0 Å². The largest absolute Gasteiger partial charge is 0.369 e. The molecule has 1 N–H and O–H groups in total. The van der Waals surface area contributed by atoms with E-state index >= 15 is 0 Å². The van der Waals surface area contributed by atoms with Crippen LogP contribution < -0.4 is 5.32 Å². The number of benzene rings is 1. The van der Waals surface area contributed by atoms with Gasteiger partial charge in [0.1, 0.15) is 0 Å². The molecule has 0 amide bonds. The molecule has 0 spiro atoms. The van der Waals surface area contributed by atoms with E-state index in [-0.39, 0.29) is 6.10 Å². The summed E-state index contributed by atoms with van der Waals surface area (Å²) in [5, 5.41) is 3.37. The van der Waals surface area contributed by atoms with E-state index < -0.39 is 0 Å². The van der Waals surface area contributed by atoms with Crippen molar-refractivity contribution in [2.45, 2.75) is 32.0 Å². The van der Waals surface area contributed by atoms with Gasteiger partial charge in [-0.3, -0.25) is 0 Å². The Balaban J connectivity index is 1.88. The molecule has 2 atom stereocenters. The van der Waals surface area contributed by atoms with E-state index in [0.29, 0.717) is 6.10 Å². The third-order valence-corrected chi connectivity index (χ3v) is 2.92. The lowest BCUT2D eigenvalue weighted by atomic mass is 10.1. The van der Waals surface area contributed by atoms with Crippen LogP contribution in [0.25, 0.3) is 0 Å². The van der Waals surface area contributed by atoms with Gasteiger partial charge in [0.25, 0.3) is 0 Å². The van der Waals surface area contributed by atoms with Gasteiger partial charge in [-0.1, -0.05) is 30.3 Å². The van der Waals surface area contributed by atoms with Crippen LogP contribution in [0.1, 0.15) is 31.4 Å². The minimum absolute atomic E-state index is 0.205. The Morgan fingerprint density at radius 1 is 1.33 bits per heavy atom. The number of rotatable bonds is 3. The number of hydrogen-bond donors (Lipinski definition) is 1. The van der Waals surface area contributed by atoms with Crippen LogP contribution in [0.3, 0.4) is 0 Å². The van der Waals surface area contributed by atoms with Crippen molar-refractivity contribution in [2.75, 3.05) is 13.1 Å². The summed E-state index contributed by atoms with van der Waals surface area (Å²) in [7, 11) is 0. The van der Waals surface area contributed by atoms with Gasteiger partial charge in [0.15, 0.2) is 0 Å². The van der Waals surface area contributed by atoms with E-state index in [9.17, 15) is 0 Å². The summed E-state index contributed by atoms with van der Waals surface area (Å²) >= 11 is 0. The first-order chi connectivity index (χ1) is 7.36. The molecule has 1 aromatic carbocycles. The highest BCUT2D eigenvalue weighted by Crippen LogP contribution is 2.20. The maximum Gasteiger partial charge on any atom is 0.0801 e. The molecule has 2 rings (SSSR count). The van der Waals surface area contributed by atoms with Crippen molar-refractivity contribution < 1.29 is 4.74 Å². The molecule has 1 heterocycles. The highest BCUT2D eigenvalue weighted by Gasteiger charge is 2.16. The molecule has 1 aliphatic heterocycles. The van der Waals surface area contributed by atoms with Gasteiger partial charge in [-0.25, -0.2) is 0 Å². The van der Waals surface area contributed by atoms with E-state index in [1.807, 2.05) is 6.07 Å². The summed E-state index contributed by atoms with van der Waals surface area (Å²) in [6.45, 7) is 4.26. The van der Waals surface area contributed by atoms with E-state index in [0.717, 1.165) is 13.1 Å². The Hall–Kier alpha value is -0.860. The molecule has 0 aliphatic carbocycles. The summed E-state index contributed by atoms with van der Waals surface area (Å²) in [6, 6.07) is 10.4. The van der Waals surface area contributed by atoms with Gasteiger partial charge in [-0.2, -0.15) is 0 Å². The number of piperidine rings is 1. The number of nitrogens with one attached hydrogen (secondary N) is 1. The first-order valence-corrected chi connectivity index (χ1v) is 5.77. The lowest BCUT2D eigenvalue weighted by Gasteiger charge is -2.26. The van der Waals surface area contributed by atoms with E-state index in [1.54, 1.807) is 0 Å². The average Bonchev–Trinajstić information content (AvgIpc) is 2.31. The molecule has 15 heavy (non-hydrogen) atoms. The molecular weight excluding hydrogens is 186 g/mol. The van der Waals surface area contributed by atoms with Gasteiger partial charge < -0.3 is 10.1 Å². The van der Waals surface area contributed by atoms with Crippen LogP contribution in [0.2, 0.25) is 0 Å². The van der Waals surface area contributed by atoms with Crippen LogP contribution in [0.15, 0.2) is 30.3 Å². The Bertz CT molecular complexity index is 280. The average molecular weight is 205 g/mol. The topological polar surface area (TPSA) is 21.3 Å². The third kappa shape index (κ3) is 3.05. The molecule has 82 valence electrons. The zero-order valence-corrected chi connectivity index (χ0v) is 9.28. The number of hydrogen-bond acceptors (Lipinski definition) is 2. The monoisotopic (exact) mass is 205 g/mol. The van der Waals surface area contributed by atoms with Crippen LogP contribution in [-0.2, 0) is 4.74 Å². The highest BCUT2D eigenvalue weighted by atomic mass is 16.5. The van der Waals surface area contributed by atoms with Gasteiger partial charge in [0, 0.05) is 6.54 Å². The van der Waals surface area contributed by atoms with Crippen molar-refractivity contribution in [1.29, 1.82) is 0 Å². The molecule has 1 aliphatic rings.